The van der Waals surface area contributed by atoms with Gasteiger partial charge in [-0.1, -0.05) is 6.92 Å². The largest absolute Gasteiger partial charge is 0.481 e. The molecule has 0 aromatic heterocycles. The van der Waals surface area contributed by atoms with Gasteiger partial charge in [0.25, 0.3) is 0 Å². The van der Waals surface area contributed by atoms with E-state index in [0.717, 1.165) is 12.8 Å². The summed E-state index contributed by atoms with van der Waals surface area (Å²) in [5.41, 5.74) is 0. The van der Waals surface area contributed by atoms with Crippen LogP contribution in [-0.2, 0) is 14.3 Å². The molecular formula is C13H22N2O4. The number of ether oxygens (including phenoxy) is 1. The molecule has 0 aromatic rings. The van der Waals surface area contributed by atoms with Crippen LogP contribution in [0.15, 0.2) is 0 Å². The molecule has 1 aliphatic heterocycles. The SMILES string of the molecule is CCCNC(=O)C1COCCN1C1CCC1C(=O)O. The molecule has 1 amide bonds. The number of nitrogens with one attached hydrogen (secondary N) is 1. The Labute approximate surface area is 113 Å². The van der Waals surface area contributed by atoms with Crippen LogP contribution in [-0.4, -0.2) is 60.3 Å². The minimum atomic E-state index is -0.754. The number of carbonyl (C=O) groups is 2. The average molecular weight is 270 g/mol. The maximum absolute atomic E-state index is 12.1. The van der Waals surface area contributed by atoms with Gasteiger partial charge in [0.1, 0.15) is 6.04 Å². The second-order valence-corrected chi connectivity index (χ2v) is 5.21. The topological polar surface area (TPSA) is 78.9 Å². The summed E-state index contributed by atoms with van der Waals surface area (Å²) in [6.45, 7) is 4.22. The molecule has 1 aliphatic carbocycles. The van der Waals surface area contributed by atoms with Crippen molar-refractivity contribution in [1.82, 2.24) is 10.2 Å². The van der Waals surface area contributed by atoms with Crippen molar-refractivity contribution in [1.29, 1.82) is 0 Å². The second kappa shape index (κ2) is 6.34. The molecule has 1 heterocycles. The van der Waals surface area contributed by atoms with Crippen LogP contribution in [0.3, 0.4) is 0 Å². The number of morpholine rings is 1. The lowest BCUT2D eigenvalue weighted by molar-refractivity contribution is -0.156. The lowest BCUT2D eigenvalue weighted by Crippen LogP contribution is -2.62. The highest BCUT2D eigenvalue weighted by Crippen LogP contribution is 2.34. The summed E-state index contributed by atoms with van der Waals surface area (Å²) in [5, 5.41) is 12.0. The number of carboxylic acids is 1. The van der Waals surface area contributed by atoms with Crippen LogP contribution in [0.5, 0.6) is 0 Å². The number of aliphatic carboxylic acids is 1. The molecule has 2 rings (SSSR count). The fourth-order valence-electron chi connectivity index (χ4n) is 2.77. The molecule has 0 aromatic carbocycles. The van der Waals surface area contributed by atoms with E-state index in [9.17, 15) is 9.59 Å². The van der Waals surface area contributed by atoms with Crippen molar-refractivity contribution in [3.63, 3.8) is 0 Å². The van der Waals surface area contributed by atoms with Gasteiger partial charge in [0.15, 0.2) is 0 Å². The second-order valence-electron chi connectivity index (χ2n) is 5.21. The predicted octanol–water partition coefficient (Wildman–Crippen LogP) is 0.0766. The Hall–Kier alpha value is -1.14. The molecule has 3 atom stereocenters. The lowest BCUT2D eigenvalue weighted by Gasteiger charge is -2.47. The first-order valence-corrected chi connectivity index (χ1v) is 6.99. The molecule has 0 spiro atoms. The normalized spacial score (nSPS) is 31.5. The van der Waals surface area contributed by atoms with E-state index in [4.69, 9.17) is 9.84 Å². The highest BCUT2D eigenvalue weighted by Gasteiger charge is 2.45. The van der Waals surface area contributed by atoms with Crippen molar-refractivity contribution in [3.05, 3.63) is 0 Å². The Morgan fingerprint density at radius 2 is 2.21 bits per heavy atom. The van der Waals surface area contributed by atoms with Gasteiger partial charge in [0.2, 0.25) is 5.91 Å². The maximum Gasteiger partial charge on any atom is 0.308 e. The van der Waals surface area contributed by atoms with E-state index in [1.807, 2.05) is 11.8 Å². The fraction of sp³-hybridized carbons (Fsp3) is 0.846. The van der Waals surface area contributed by atoms with Gasteiger partial charge >= 0.3 is 5.97 Å². The van der Waals surface area contributed by atoms with Gasteiger partial charge in [-0.15, -0.1) is 0 Å². The van der Waals surface area contributed by atoms with E-state index in [-0.39, 0.29) is 23.9 Å². The van der Waals surface area contributed by atoms with Crippen molar-refractivity contribution in [2.24, 2.45) is 5.92 Å². The Morgan fingerprint density at radius 1 is 1.42 bits per heavy atom. The van der Waals surface area contributed by atoms with Crippen molar-refractivity contribution in [2.75, 3.05) is 26.3 Å². The van der Waals surface area contributed by atoms with Gasteiger partial charge < -0.3 is 15.2 Å². The quantitative estimate of drug-likeness (QED) is 0.739. The minimum absolute atomic E-state index is 0.0150. The Kier molecular flexibility index (Phi) is 4.76. The first kappa shape index (κ1) is 14.3. The molecule has 1 saturated carbocycles. The van der Waals surface area contributed by atoms with E-state index in [0.29, 0.717) is 32.7 Å². The van der Waals surface area contributed by atoms with Crippen LogP contribution in [0.1, 0.15) is 26.2 Å². The molecule has 6 heteroatoms. The number of hydrogen-bond acceptors (Lipinski definition) is 4. The Morgan fingerprint density at radius 3 is 2.79 bits per heavy atom. The summed E-state index contributed by atoms with van der Waals surface area (Å²) in [5.74, 6) is -1.13. The molecule has 6 nitrogen and oxygen atoms in total. The third-order valence-electron chi connectivity index (χ3n) is 4.00. The highest BCUT2D eigenvalue weighted by molar-refractivity contribution is 5.82. The number of carbonyl (C=O) groups excluding carboxylic acids is 1. The zero-order valence-corrected chi connectivity index (χ0v) is 11.3. The maximum atomic E-state index is 12.1. The molecule has 3 unspecified atom stereocenters. The van der Waals surface area contributed by atoms with Gasteiger partial charge in [-0.05, 0) is 19.3 Å². The first-order chi connectivity index (χ1) is 9.15. The summed E-state index contributed by atoms with van der Waals surface area (Å²) in [7, 11) is 0. The monoisotopic (exact) mass is 270 g/mol. The van der Waals surface area contributed by atoms with Gasteiger partial charge in [0.05, 0.1) is 19.1 Å². The molecule has 19 heavy (non-hydrogen) atoms. The van der Waals surface area contributed by atoms with E-state index < -0.39 is 5.97 Å². The van der Waals surface area contributed by atoms with Crippen molar-refractivity contribution >= 4 is 11.9 Å². The molecule has 108 valence electrons. The number of amides is 1. The Bertz CT molecular complexity index is 348. The number of hydrogen-bond donors (Lipinski definition) is 2. The Balaban J connectivity index is 1.99. The van der Waals surface area contributed by atoms with Crippen LogP contribution in [0.4, 0.5) is 0 Å². The standard InChI is InChI=1S/C13H22N2O4/c1-2-5-14-12(16)11-8-19-7-6-15(11)10-4-3-9(10)13(17)18/h9-11H,2-8H2,1H3,(H,14,16)(H,17,18). The van der Waals surface area contributed by atoms with Crippen LogP contribution in [0.2, 0.25) is 0 Å². The fourth-order valence-corrected chi connectivity index (χ4v) is 2.77. The molecule has 2 aliphatic rings. The van der Waals surface area contributed by atoms with E-state index >= 15 is 0 Å². The minimum Gasteiger partial charge on any atom is -0.481 e. The third-order valence-corrected chi connectivity index (χ3v) is 4.00. The van der Waals surface area contributed by atoms with E-state index in [1.165, 1.54) is 0 Å². The molecule has 2 fully saturated rings. The highest BCUT2D eigenvalue weighted by atomic mass is 16.5. The van der Waals surface area contributed by atoms with Crippen molar-refractivity contribution in [2.45, 2.75) is 38.3 Å². The van der Waals surface area contributed by atoms with Crippen molar-refractivity contribution in [3.8, 4) is 0 Å². The molecule has 1 saturated heterocycles. The molecule has 2 N–H and O–H groups in total. The third kappa shape index (κ3) is 3.06. The summed E-state index contributed by atoms with van der Waals surface area (Å²) in [4.78, 5) is 25.3. The summed E-state index contributed by atoms with van der Waals surface area (Å²) in [6.07, 6.45) is 2.45. The van der Waals surface area contributed by atoms with Gasteiger partial charge in [-0.25, -0.2) is 0 Å². The van der Waals surface area contributed by atoms with Gasteiger partial charge in [0, 0.05) is 19.1 Å². The predicted molar refractivity (Wildman–Crippen MR) is 68.8 cm³/mol. The molecule has 0 radical (unpaired) electrons. The lowest BCUT2D eigenvalue weighted by atomic mass is 9.77. The van der Waals surface area contributed by atoms with Crippen LogP contribution >= 0.6 is 0 Å². The van der Waals surface area contributed by atoms with Gasteiger partial charge in [-0.2, -0.15) is 0 Å². The molecule has 0 bridgehead atoms. The zero-order valence-electron chi connectivity index (χ0n) is 11.3. The summed E-state index contributed by atoms with van der Waals surface area (Å²) < 4.78 is 5.38. The van der Waals surface area contributed by atoms with E-state index in [1.54, 1.807) is 0 Å². The molecular weight excluding hydrogens is 248 g/mol. The van der Waals surface area contributed by atoms with Crippen LogP contribution in [0, 0.1) is 5.92 Å². The number of rotatable bonds is 5. The zero-order chi connectivity index (χ0) is 13.8. The van der Waals surface area contributed by atoms with Gasteiger partial charge in [-0.3, -0.25) is 14.5 Å². The van der Waals surface area contributed by atoms with Crippen LogP contribution in [0.25, 0.3) is 0 Å². The van der Waals surface area contributed by atoms with Crippen LogP contribution < -0.4 is 5.32 Å². The smallest absolute Gasteiger partial charge is 0.308 e. The number of carboxylic acid groups (broad SMARTS) is 1. The first-order valence-electron chi connectivity index (χ1n) is 6.99. The average Bonchev–Trinajstić information content (AvgIpc) is 2.34. The summed E-state index contributed by atoms with van der Waals surface area (Å²) in [6, 6.07) is -0.355. The number of nitrogens with zero attached hydrogens (tertiary/aromatic N) is 1. The summed E-state index contributed by atoms with van der Waals surface area (Å²) >= 11 is 0. The van der Waals surface area contributed by atoms with Crippen molar-refractivity contribution < 1.29 is 19.4 Å². The van der Waals surface area contributed by atoms with E-state index in [2.05, 4.69) is 5.32 Å².